The maximum absolute atomic E-state index is 10.3. The molecule has 4 atom stereocenters. The fourth-order valence-electron chi connectivity index (χ4n) is 3.37. The number of aliphatic hydroxyl groups is 2. The molecule has 1 aromatic carbocycles. The van der Waals surface area contributed by atoms with Crippen molar-refractivity contribution in [2.45, 2.75) is 50.9 Å². The van der Waals surface area contributed by atoms with Crippen molar-refractivity contribution in [3.05, 3.63) is 34.9 Å². The molecule has 23 heavy (non-hydrogen) atoms. The fourth-order valence-corrected chi connectivity index (χ4v) is 3.50. The standard InChI is InChI=1S/C18H28ClNO3/c1-14(15-5-7-16(19)8-6-15)23-13-18(22)12-20-10-3-2-4-17(20)9-11-21/h5-8,14,17-18,21-22H,2-4,9-13H2,1H3/p+1/t14-,17+,18+/m0/s1. The van der Waals surface area contributed by atoms with Gasteiger partial charge in [-0.1, -0.05) is 23.7 Å². The SMILES string of the molecule is C[C@H](OC[C@H](O)C[NH+]1CCCC[C@@H]1CCO)c1ccc(Cl)cc1. The number of quaternary nitrogens is 1. The molecule has 2 rings (SSSR count). The molecule has 0 aromatic heterocycles. The molecule has 0 spiro atoms. The molecule has 1 fully saturated rings. The van der Waals surface area contributed by atoms with Crippen LogP contribution in [0.5, 0.6) is 0 Å². The lowest BCUT2D eigenvalue weighted by molar-refractivity contribution is -0.934. The molecule has 0 aliphatic carbocycles. The molecule has 1 unspecified atom stereocenters. The molecule has 3 N–H and O–H groups in total. The summed E-state index contributed by atoms with van der Waals surface area (Å²) in [6.07, 6.45) is 3.86. The number of hydrogen-bond donors (Lipinski definition) is 3. The predicted molar refractivity (Wildman–Crippen MR) is 91.9 cm³/mol. The summed E-state index contributed by atoms with van der Waals surface area (Å²) in [6.45, 7) is 4.32. The summed E-state index contributed by atoms with van der Waals surface area (Å²) in [6, 6.07) is 8.07. The third-order valence-corrected chi connectivity index (χ3v) is 4.98. The van der Waals surface area contributed by atoms with Crippen molar-refractivity contribution in [3.8, 4) is 0 Å². The molecule has 0 radical (unpaired) electrons. The molecule has 1 heterocycles. The second-order valence-corrected chi connectivity index (χ2v) is 6.93. The van der Waals surface area contributed by atoms with E-state index in [1.165, 1.54) is 17.7 Å². The summed E-state index contributed by atoms with van der Waals surface area (Å²) in [5.41, 5.74) is 1.06. The smallest absolute Gasteiger partial charge is 0.126 e. The topological polar surface area (TPSA) is 54.1 Å². The molecule has 130 valence electrons. The Morgan fingerprint density at radius 3 is 2.74 bits per heavy atom. The quantitative estimate of drug-likeness (QED) is 0.672. The lowest BCUT2D eigenvalue weighted by Crippen LogP contribution is -3.17. The van der Waals surface area contributed by atoms with Crippen LogP contribution in [0.3, 0.4) is 0 Å². The zero-order valence-electron chi connectivity index (χ0n) is 13.9. The van der Waals surface area contributed by atoms with Gasteiger partial charge in [0, 0.05) is 18.1 Å². The maximum atomic E-state index is 10.3. The lowest BCUT2D eigenvalue weighted by atomic mass is 9.99. The van der Waals surface area contributed by atoms with Gasteiger partial charge in [0.2, 0.25) is 0 Å². The van der Waals surface area contributed by atoms with Gasteiger partial charge in [-0.3, -0.25) is 0 Å². The molecule has 0 saturated carbocycles. The van der Waals surface area contributed by atoms with Crippen molar-refractivity contribution in [2.75, 3.05) is 26.3 Å². The van der Waals surface area contributed by atoms with Crippen molar-refractivity contribution in [1.29, 1.82) is 0 Å². The van der Waals surface area contributed by atoms with E-state index in [0.717, 1.165) is 24.9 Å². The van der Waals surface area contributed by atoms with Gasteiger partial charge in [0.05, 0.1) is 25.3 Å². The zero-order chi connectivity index (χ0) is 16.7. The molecule has 1 saturated heterocycles. The first-order valence-electron chi connectivity index (χ1n) is 8.60. The van der Waals surface area contributed by atoms with E-state index in [0.29, 0.717) is 24.2 Å². The third kappa shape index (κ3) is 6.05. The van der Waals surface area contributed by atoms with E-state index >= 15 is 0 Å². The van der Waals surface area contributed by atoms with Crippen LogP contribution in [0.1, 0.15) is 44.3 Å². The first kappa shape index (κ1) is 18.7. The minimum Gasteiger partial charge on any atom is -0.396 e. The largest absolute Gasteiger partial charge is 0.396 e. The van der Waals surface area contributed by atoms with Crippen LogP contribution >= 0.6 is 11.6 Å². The highest BCUT2D eigenvalue weighted by atomic mass is 35.5. The van der Waals surface area contributed by atoms with Crippen molar-refractivity contribution < 1.29 is 19.8 Å². The van der Waals surface area contributed by atoms with E-state index < -0.39 is 6.10 Å². The fraction of sp³-hybridized carbons (Fsp3) is 0.667. The first-order valence-corrected chi connectivity index (χ1v) is 8.98. The monoisotopic (exact) mass is 342 g/mol. The van der Waals surface area contributed by atoms with Crippen LogP contribution < -0.4 is 4.90 Å². The average molecular weight is 343 g/mol. The Morgan fingerprint density at radius 1 is 1.30 bits per heavy atom. The number of aliphatic hydroxyl groups excluding tert-OH is 2. The van der Waals surface area contributed by atoms with Gasteiger partial charge in [0.1, 0.15) is 12.6 Å². The number of benzene rings is 1. The number of nitrogens with one attached hydrogen (secondary N) is 1. The third-order valence-electron chi connectivity index (χ3n) is 4.73. The maximum Gasteiger partial charge on any atom is 0.126 e. The number of rotatable bonds is 8. The number of likely N-dealkylation sites (tertiary alicyclic amines) is 1. The highest BCUT2D eigenvalue weighted by Gasteiger charge is 2.27. The Hall–Kier alpha value is -0.650. The van der Waals surface area contributed by atoms with Gasteiger partial charge in [-0.25, -0.2) is 0 Å². The Bertz CT molecular complexity index is 452. The van der Waals surface area contributed by atoms with Gasteiger partial charge in [0.25, 0.3) is 0 Å². The summed E-state index contributed by atoms with van der Waals surface area (Å²) >= 11 is 5.89. The minimum atomic E-state index is -0.473. The summed E-state index contributed by atoms with van der Waals surface area (Å²) < 4.78 is 5.81. The highest BCUT2D eigenvalue weighted by Crippen LogP contribution is 2.19. The number of hydrogen-bond acceptors (Lipinski definition) is 3. The molecule has 5 heteroatoms. The Morgan fingerprint density at radius 2 is 2.04 bits per heavy atom. The van der Waals surface area contributed by atoms with Crippen molar-refractivity contribution in [1.82, 2.24) is 0 Å². The van der Waals surface area contributed by atoms with Gasteiger partial charge in [-0.2, -0.15) is 0 Å². The van der Waals surface area contributed by atoms with E-state index in [1.807, 2.05) is 31.2 Å². The predicted octanol–water partition coefficient (Wildman–Crippen LogP) is 1.60. The van der Waals surface area contributed by atoms with Gasteiger partial charge in [-0.15, -0.1) is 0 Å². The zero-order valence-corrected chi connectivity index (χ0v) is 14.6. The van der Waals surface area contributed by atoms with Crippen molar-refractivity contribution in [3.63, 3.8) is 0 Å². The molecule has 4 nitrogen and oxygen atoms in total. The van der Waals surface area contributed by atoms with Crippen LogP contribution in [0.25, 0.3) is 0 Å². The van der Waals surface area contributed by atoms with Crippen LogP contribution in [-0.4, -0.2) is 48.7 Å². The lowest BCUT2D eigenvalue weighted by Gasteiger charge is -2.33. The van der Waals surface area contributed by atoms with Crippen molar-refractivity contribution in [2.24, 2.45) is 0 Å². The average Bonchev–Trinajstić information content (AvgIpc) is 2.55. The van der Waals surface area contributed by atoms with Crippen LogP contribution in [0.4, 0.5) is 0 Å². The highest BCUT2D eigenvalue weighted by molar-refractivity contribution is 6.30. The van der Waals surface area contributed by atoms with E-state index in [-0.39, 0.29) is 12.7 Å². The molecular weight excluding hydrogens is 314 g/mol. The molecule has 1 aliphatic heterocycles. The van der Waals surface area contributed by atoms with E-state index in [2.05, 4.69) is 0 Å². The van der Waals surface area contributed by atoms with Crippen LogP contribution in [0.15, 0.2) is 24.3 Å². The van der Waals surface area contributed by atoms with Crippen LogP contribution in [-0.2, 0) is 4.74 Å². The molecule has 1 aromatic rings. The Kier molecular flexibility index (Phi) is 7.80. The van der Waals surface area contributed by atoms with E-state index in [9.17, 15) is 10.2 Å². The van der Waals surface area contributed by atoms with Gasteiger partial charge in [0.15, 0.2) is 0 Å². The number of ether oxygens (including phenoxy) is 1. The Labute approximate surface area is 144 Å². The second-order valence-electron chi connectivity index (χ2n) is 6.50. The molecule has 0 amide bonds. The summed E-state index contributed by atoms with van der Waals surface area (Å²) in [5.74, 6) is 0. The van der Waals surface area contributed by atoms with Gasteiger partial charge in [-0.05, 0) is 43.9 Å². The van der Waals surface area contributed by atoms with Crippen molar-refractivity contribution >= 4 is 11.6 Å². The normalized spacial score (nSPS) is 24.3. The van der Waals surface area contributed by atoms with Gasteiger partial charge >= 0.3 is 0 Å². The second kappa shape index (κ2) is 9.60. The molecular formula is C18H29ClNO3+. The minimum absolute atomic E-state index is 0.0634. The summed E-state index contributed by atoms with van der Waals surface area (Å²) in [5, 5.41) is 20.2. The van der Waals surface area contributed by atoms with Crippen LogP contribution in [0.2, 0.25) is 5.02 Å². The van der Waals surface area contributed by atoms with Crippen LogP contribution in [0, 0.1) is 0 Å². The molecule has 1 aliphatic rings. The van der Waals surface area contributed by atoms with E-state index in [4.69, 9.17) is 16.3 Å². The summed E-state index contributed by atoms with van der Waals surface area (Å²) in [7, 11) is 0. The van der Waals surface area contributed by atoms with E-state index in [1.54, 1.807) is 0 Å². The Balaban J connectivity index is 1.77. The molecule has 0 bridgehead atoms. The van der Waals surface area contributed by atoms with Gasteiger partial charge < -0.3 is 19.8 Å². The number of halogens is 1. The summed E-state index contributed by atoms with van der Waals surface area (Å²) in [4.78, 5) is 1.40. The number of piperidine rings is 1. The first-order chi connectivity index (χ1) is 11.1.